The molecular formula is C18H19FN2O. The topological polar surface area (TPSA) is 41.1 Å². The molecule has 1 fully saturated rings. The molecule has 2 aromatic rings. The highest BCUT2D eigenvalue weighted by atomic mass is 19.1. The molecule has 0 bridgehead atoms. The number of hydrogen-bond donors (Lipinski definition) is 2. The predicted molar refractivity (Wildman–Crippen MR) is 85.7 cm³/mol. The van der Waals surface area contributed by atoms with Crippen molar-refractivity contribution >= 4 is 22.4 Å². The average molecular weight is 298 g/mol. The standard InChI is InChI=1S/C18H19FN2O/c1-10(21-18(2)6-3-7-18)11-8-12-14(19)4-5-15-16(12)13(9-11)17(22)20-15/h4-5,8-10,21H,3,6-7H2,1-2H3,(H,20,22). The minimum atomic E-state index is -0.277. The second kappa shape index (κ2) is 4.53. The van der Waals surface area contributed by atoms with E-state index in [4.69, 9.17) is 0 Å². The third-order valence-corrected chi connectivity index (χ3v) is 5.10. The number of anilines is 1. The summed E-state index contributed by atoms with van der Waals surface area (Å²) < 4.78 is 14.2. The van der Waals surface area contributed by atoms with E-state index in [-0.39, 0.29) is 23.3 Å². The summed E-state index contributed by atoms with van der Waals surface area (Å²) in [5, 5.41) is 7.66. The van der Waals surface area contributed by atoms with Gasteiger partial charge in [0.2, 0.25) is 0 Å². The highest BCUT2D eigenvalue weighted by Gasteiger charge is 2.33. The molecule has 4 rings (SSSR count). The number of amides is 1. The van der Waals surface area contributed by atoms with Gasteiger partial charge in [0.1, 0.15) is 5.82 Å². The molecule has 114 valence electrons. The number of benzene rings is 2. The Labute approximate surface area is 128 Å². The van der Waals surface area contributed by atoms with Crippen LogP contribution in [0, 0.1) is 5.82 Å². The molecule has 1 aliphatic heterocycles. The molecule has 0 radical (unpaired) electrons. The third-order valence-electron chi connectivity index (χ3n) is 5.10. The smallest absolute Gasteiger partial charge is 0.256 e. The van der Waals surface area contributed by atoms with Gasteiger partial charge in [-0.15, -0.1) is 0 Å². The van der Waals surface area contributed by atoms with Gasteiger partial charge in [-0.05, 0) is 62.9 Å². The Hall–Kier alpha value is -1.94. The zero-order valence-corrected chi connectivity index (χ0v) is 12.8. The van der Waals surface area contributed by atoms with Crippen molar-refractivity contribution in [2.75, 3.05) is 5.32 Å². The van der Waals surface area contributed by atoms with Gasteiger partial charge in [-0.3, -0.25) is 4.79 Å². The predicted octanol–water partition coefficient (Wildman–Crippen LogP) is 4.14. The number of rotatable bonds is 3. The Morgan fingerprint density at radius 2 is 2.09 bits per heavy atom. The van der Waals surface area contributed by atoms with Crippen LogP contribution in [-0.2, 0) is 0 Å². The Morgan fingerprint density at radius 1 is 1.32 bits per heavy atom. The van der Waals surface area contributed by atoms with Gasteiger partial charge in [-0.25, -0.2) is 4.39 Å². The van der Waals surface area contributed by atoms with E-state index < -0.39 is 0 Å². The van der Waals surface area contributed by atoms with Gasteiger partial charge < -0.3 is 10.6 Å². The first kappa shape index (κ1) is 13.7. The highest BCUT2D eigenvalue weighted by molar-refractivity contribution is 6.24. The highest BCUT2D eigenvalue weighted by Crippen LogP contribution is 2.38. The zero-order valence-electron chi connectivity index (χ0n) is 12.8. The summed E-state index contributed by atoms with van der Waals surface area (Å²) in [4.78, 5) is 12.1. The van der Waals surface area contributed by atoms with E-state index in [0.717, 1.165) is 18.4 Å². The van der Waals surface area contributed by atoms with Crippen molar-refractivity contribution < 1.29 is 9.18 Å². The molecule has 22 heavy (non-hydrogen) atoms. The van der Waals surface area contributed by atoms with Gasteiger partial charge in [0.05, 0.1) is 5.56 Å². The SMILES string of the molecule is CC(NC1(C)CCC1)c1cc2c3c(ccc(F)c3c1)NC2=O. The fourth-order valence-corrected chi connectivity index (χ4v) is 3.65. The van der Waals surface area contributed by atoms with Crippen LogP contribution in [0.25, 0.3) is 10.8 Å². The van der Waals surface area contributed by atoms with Gasteiger partial charge in [-0.2, -0.15) is 0 Å². The summed E-state index contributed by atoms with van der Waals surface area (Å²) in [5.41, 5.74) is 2.41. The minimum Gasteiger partial charge on any atom is -0.321 e. The molecule has 3 nitrogen and oxygen atoms in total. The van der Waals surface area contributed by atoms with Gasteiger partial charge >= 0.3 is 0 Å². The first-order valence-electron chi connectivity index (χ1n) is 7.82. The first-order chi connectivity index (χ1) is 10.5. The van der Waals surface area contributed by atoms with Crippen molar-refractivity contribution in [2.45, 2.75) is 44.7 Å². The van der Waals surface area contributed by atoms with Crippen molar-refractivity contribution in [3.05, 3.63) is 41.2 Å². The van der Waals surface area contributed by atoms with Crippen LogP contribution in [-0.4, -0.2) is 11.4 Å². The van der Waals surface area contributed by atoms with Crippen LogP contribution in [0.3, 0.4) is 0 Å². The van der Waals surface area contributed by atoms with Crippen molar-refractivity contribution in [2.24, 2.45) is 0 Å². The molecular weight excluding hydrogens is 279 g/mol. The van der Waals surface area contributed by atoms with E-state index in [1.165, 1.54) is 12.5 Å². The third kappa shape index (κ3) is 1.94. The number of nitrogens with one attached hydrogen (secondary N) is 2. The summed E-state index contributed by atoms with van der Waals surface area (Å²) in [6, 6.07) is 6.90. The number of halogens is 1. The molecule has 1 saturated carbocycles. The Bertz CT molecular complexity index is 795. The van der Waals surface area contributed by atoms with Gasteiger partial charge in [0.25, 0.3) is 5.91 Å². The molecule has 0 spiro atoms. The second-order valence-electron chi connectivity index (χ2n) is 6.82. The molecule has 1 heterocycles. The Kier molecular flexibility index (Phi) is 2.82. The molecule has 2 aliphatic rings. The van der Waals surface area contributed by atoms with Crippen LogP contribution < -0.4 is 10.6 Å². The lowest BCUT2D eigenvalue weighted by Gasteiger charge is -2.41. The van der Waals surface area contributed by atoms with E-state index in [0.29, 0.717) is 22.0 Å². The molecule has 0 saturated heterocycles. The molecule has 1 amide bonds. The summed E-state index contributed by atoms with van der Waals surface area (Å²) in [6.07, 6.45) is 3.58. The second-order valence-corrected chi connectivity index (χ2v) is 6.82. The quantitative estimate of drug-likeness (QED) is 0.894. The van der Waals surface area contributed by atoms with E-state index in [1.54, 1.807) is 6.07 Å². The van der Waals surface area contributed by atoms with Gasteiger partial charge in [0, 0.05) is 28.0 Å². The molecule has 1 aliphatic carbocycles. The largest absolute Gasteiger partial charge is 0.321 e. The maximum absolute atomic E-state index is 14.2. The summed E-state index contributed by atoms with van der Waals surface area (Å²) in [5.74, 6) is -0.421. The molecule has 0 aromatic heterocycles. The zero-order chi connectivity index (χ0) is 15.5. The lowest BCUT2D eigenvalue weighted by molar-refractivity contribution is 0.103. The van der Waals surface area contributed by atoms with Crippen LogP contribution in [0.4, 0.5) is 10.1 Å². The minimum absolute atomic E-state index is 0.0856. The van der Waals surface area contributed by atoms with Crippen LogP contribution in [0.5, 0.6) is 0 Å². The molecule has 4 heteroatoms. The van der Waals surface area contributed by atoms with Crippen LogP contribution in [0.2, 0.25) is 0 Å². The van der Waals surface area contributed by atoms with Crippen molar-refractivity contribution in [3.63, 3.8) is 0 Å². The van der Waals surface area contributed by atoms with Crippen molar-refractivity contribution in [1.29, 1.82) is 0 Å². The maximum Gasteiger partial charge on any atom is 0.256 e. The van der Waals surface area contributed by atoms with Crippen molar-refractivity contribution in [1.82, 2.24) is 5.32 Å². The normalized spacial score (nSPS) is 19.9. The maximum atomic E-state index is 14.2. The average Bonchev–Trinajstić information content (AvgIpc) is 2.78. The summed E-state index contributed by atoms with van der Waals surface area (Å²) in [7, 11) is 0. The Morgan fingerprint density at radius 3 is 2.77 bits per heavy atom. The molecule has 1 unspecified atom stereocenters. The van der Waals surface area contributed by atoms with Crippen LogP contribution in [0.15, 0.2) is 24.3 Å². The molecule has 2 N–H and O–H groups in total. The molecule has 1 atom stereocenters. The lowest BCUT2D eigenvalue weighted by Crippen LogP contribution is -2.49. The van der Waals surface area contributed by atoms with Gasteiger partial charge in [-0.1, -0.05) is 0 Å². The van der Waals surface area contributed by atoms with E-state index in [1.807, 2.05) is 12.1 Å². The van der Waals surface area contributed by atoms with Crippen LogP contribution >= 0.6 is 0 Å². The fraction of sp³-hybridized carbons (Fsp3) is 0.389. The fourth-order valence-electron chi connectivity index (χ4n) is 3.65. The summed E-state index contributed by atoms with van der Waals surface area (Å²) in [6.45, 7) is 4.30. The van der Waals surface area contributed by atoms with E-state index in [9.17, 15) is 9.18 Å². The number of carbonyl (C=O) groups is 1. The van der Waals surface area contributed by atoms with Crippen molar-refractivity contribution in [3.8, 4) is 0 Å². The monoisotopic (exact) mass is 298 g/mol. The summed E-state index contributed by atoms with van der Waals surface area (Å²) >= 11 is 0. The number of hydrogen-bond acceptors (Lipinski definition) is 2. The Balaban J connectivity index is 1.80. The van der Waals surface area contributed by atoms with Crippen LogP contribution in [0.1, 0.15) is 55.1 Å². The number of carbonyl (C=O) groups excluding carboxylic acids is 1. The first-order valence-corrected chi connectivity index (χ1v) is 7.82. The molecule has 2 aromatic carbocycles. The van der Waals surface area contributed by atoms with E-state index >= 15 is 0 Å². The van der Waals surface area contributed by atoms with Gasteiger partial charge in [0.15, 0.2) is 0 Å². The lowest BCUT2D eigenvalue weighted by atomic mass is 9.77. The van der Waals surface area contributed by atoms with E-state index in [2.05, 4.69) is 24.5 Å².